The monoisotopic (exact) mass is 268 g/mol. The van der Waals surface area contributed by atoms with Crippen LogP contribution in [0.3, 0.4) is 0 Å². The summed E-state index contributed by atoms with van der Waals surface area (Å²) in [6.07, 6.45) is 0.524. The Morgan fingerprint density at radius 3 is 2.68 bits per heavy atom. The molecule has 0 spiro atoms. The summed E-state index contributed by atoms with van der Waals surface area (Å²) in [6, 6.07) is 4.20. The summed E-state index contributed by atoms with van der Waals surface area (Å²) < 4.78 is 13.4. The van der Waals surface area contributed by atoms with E-state index in [0.717, 1.165) is 0 Å². The van der Waals surface area contributed by atoms with E-state index >= 15 is 0 Å². The van der Waals surface area contributed by atoms with E-state index in [0.29, 0.717) is 12.1 Å². The molecule has 1 atom stereocenters. The second-order valence-electron chi connectivity index (χ2n) is 4.35. The van der Waals surface area contributed by atoms with Crippen LogP contribution >= 0.6 is 0 Å². The molecule has 1 aromatic rings. The van der Waals surface area contributed by atoms with Crippen LogP contribution in [0.15, 0.2) is 18.2 Å². The first-order valence-electron chi connectivity index (χ1n) is 5.94. The number of anilines is 2. The van der Waals surface area contributed by atoms with Gasteiger partial charge in [0.1, 0.15) is 5.82 Å². The highest BCUT2D eigenvalue weighted by Crippen LogP contribution is 2.20. The average Bonchev–Trinajstić information content (AvgIpc) is 2.30. The number of hydrogen-bond acceptors (Lipinski definition) is 3. The highest BCUT2D eigenvalue weighted by atomic mass is 19.1. The zero-order valence-corrected chi connectivity index (χ0v) is 10.9. The minimum Gasteiger partial charge on any atom is -0.481 e. The smallest absolute Gasteiger partial charge is 0.303 e. The lowest BCUT2D eigenvalue weighted by Gasteiger charge is -2.15. The molecule has 19 heavy (non-hydrogen) atoms. The van der Waals surface area contributed by atoms with Gasteiger partial charge in [0, 0.05) is 25.1 Å². The SMILES string of the molecule is CC(=O)Nc1cc(NC(C)CCC(=O)O)ccc1F. The summed E-state index contributed by atoms with van der Waals surface area (Å²) in [4.78, 5) is 21.4. The zero-order valence-electron chi connectivity index (χ0n) is 10.9. The molecule has 0 aromatic heterocycles. The normalized spacial score (nSPS) is 11.7. The first-order chi connectivity index (χ1) is 8.88. The second-order valence-corrected chi connectivity index (χ2v) is 4.35. The quantitative estimate of drug-likeness (QED) is 0.740. The minimum absolute atomic E-state index is 0.0632. The fraction of sp³-hybridized carbons (Fsp3) is 0.385. The summed E-state index contributed by atoms with van der Waals surface area (Å²) in [5.41, 5.74) is 0.728. The lowest BCUT2D eigenvalue weighted by atomic mass is 10.1. The van der Waals surface area contributed by atoms with E-state index in [-0.39, 0.29) is 24.1 Å². The standard InChI is InChI=1S/C13H17FN2O3/c1-8(3-6-13(18)19)15-10-4-5-11(14)12(7-10)16-9(2)17/h4-5,7-8,15H,3,6H2,1-2H3,(H,16,17)(H,18,19). The number of halogens is 1. The summed E-state index contributed by atoms with van der Waals surface area (Å²) in [7, 11) is 0. The summed E-state index contributed by atoms with van der Waals surface area (Å²) >= 11 is 0. The molecule has 0 saturated carbocycles. The van der Waals surface area contributed by atoms with Gasteiger partial charge in [0.2, 0.25) is 5.91 Å². The first-order valence-corrected chi connectivity index (χ1v) is 5.94. The van der Waals surface area contributed by atoms with Gasteiger partial charge in [-0.1, -0.05) is 0 Å². The van der Waals surface area contributed by atoms with Crippen LogP contribution in [0.4, 0.5) is 15.8 Å². The fourth-order valence-corrected chi connectivity index (χ4v) is 1.60. The van der Waals surface area contributed by atoms with Crippen molar-refractivity contribution in [3.8, 4) is 0 Å². The Hall–Kier alpha value is -2.11. The number of nitrogens with one attached hydrogen (secondary N) is 2. The third-order valence-corrected chi connectivity index (χ3v) is 2.48. The number of rotatable bonds is 6. The molecule has 5 nitrogen and oxygen atoms in total. The van der Waals surface area contributed by atoms with Gasteiger partial charge in [-0.05, 0) is 31.5 Å². The molecule has 104 valence electrons. The summed E-state index contributed by atoms with van der Waals surface area (Å²) in [5.74, 6) is -1.72. The average molecular weight is 268 g/mol. The van der Waals surface area contributed by atoms with E-state index in [9.17, 15) is 14.0 Å². The Bertz CT molecular complexity index is 477. The topological polar surface area (TPSA) is 78.4 Å². The molecule has 1 aromatic carbocycles. The van der Waals surface area contributed by atoms with Crippen LogP contribution in [0.25, 0.3) is 0 Å². The van der Waals surface area contributed by atoms with E-state index in [4.69, 9.17) is 5.11 Å². The number of carbonyl (C=O) groups is 2. The Morgan fingerprint density at radius 2 is 2.11 bits per heavy atom. The van der Waals surface area contributed by atoms with Gasteiger partial charge in [-0.3, -0.25) is 9.59 Å². The first kappa shape index (κ1) is 14.9. The van der Waals surface area contributed by atoms with Crippen molar-refractivity contribution in [1.82, 2.24) is 0 Å². The maximum atomic E-state index is 13.4. The Balaban J connectivity index is 2.68. The predicted octanol–water partition coefficient (Wildman–Crippen LogP) is 2.45. The number of aliphatic carboxylic acids is 1. The summed E-state index contributed by atoms with van der Waals surface area (Å²) in [6.45, 7) is 3.14. The molecule has 0 radical (unpaired) electrons. The van der Waals surface area contributed by atoms with Crippen molar-refractivity contribution in [1.29, 1.82) is 0 Å². The van der Waals surface area contributed by atoms with Gasteiger partial charge in [-0.2, -0.15) is 0 Å². The maximum Gasteiger partial charge on any atom is 0.303 e. The van der Waals surface area contributed by atoms with E-state index < -0.39 is 11.8 Å². The number of carboxylic acids is 1. The van der Waals surface area contributed by atoms with E-state index in [1.807, 2.05) is 6.92 Å². The van der Waals surface area contributed by atoms with Crippen LogP contribution in [0, 0.1) is 5.82 Å². The molecule has 0 aliphatic carbocycles. The van der Waals surface area contributed by atoms with Crippen LogP contribution in [-0.4, -0.2) is 23.0 Å². The van der Waals surface area contributed by atoms with Crippen LogP contribution < -0.4 is 10.6 Å². The molecule has 0 saturated heterocycles. The number of hydrogen-bond donors (Lipinski definition) is 3. The molecule has 0 bridgehead atoms. The van der Waals surface area contributed by atoms with Crippen molar-refractivity contribution in [3.05, 3.63) is 24.0 Å². The molecule has 0 aliphatic heterocycles. The maximum absolute atomic E-state index is 13.4. The number of carbonyl (C=O) groups excluding carboxylic acids is 1. The Kier molecular flexibility index (Phi) is 5.29. The van der Waals surface area contributed by atoms with Crippen LogP contribution in [0.1, 0.15) is 26.7 Å². The van der Waals surface area contributed by atoms with Gasteiger partial charge >= 0.3 is 5.97 Å². The van der Waals surface area contributed by atoms with Gasteiger partial charge in [-0.15, -0.1) is 0 Å². The van der Waals surface area contributed by atoms with Crippen LogP contribution in [0.5, 0.6) is 0 Å². The molecule has 0 heterocycles. The number of benzene rings is 1. The lowest BCUT2D eigenvalue weighted by Crippen LogP contribution is -2.17. The van der Waals surface area contributed by atoms with Gasteiger partial charge in [-0.25, -0.2) is 4.39 Å². The van der Waals surface area contributed by atoms with Gasteiger partial charge < -0.3 is 15.7 Å². The molecule has 3 N–H and O–H groups in total. The molecule has 1 unspecified atom stereocenters. The van der Waals surface area contributed by atoms with E-state index in [2.05, 4.69) is 10.6 Å². The minimum atomic E-state index is -0.855. The van der Waals surface area contributed by atoms with Crippen molar-refractivity contribution in [2.45, 2.75) is 32.7 Å². The summed E-state index contributed by atoms with van der Waals surface area (Å²) in [5, 5.41) is 14.0. The fourth-order valence-electron chi connectivity index (χ4n) is 1.60. The van der Waals surface area contributed by atoms with E-state index in [1.165, 1.54) is 25.1 Å². The van der Waals surface area contributed by atoms with Gasteiger partial charge in [0.25, 0.3) is 0 Å². The van der Waals surface area contributed by atoms with Crippen LogP contribution in [0.2, 0.25) is 0 Å². The number of amides is 1. The van der Waals surface area contributed by atoms with Crippen molar-refractivity contribution in [2.75, 3.05) is 10.6 Å². The zero-order chi connectivity index (χ0) is 14.4. The third kappa shape index (κ3) is 5.37. The van der Waals surface area contributed by atoms with Crippen molar-refractivity contribution >= 4 is 23.3 Å². The number of carboxylic acid groups (broad SMARTS) is 1. The molecule has 1 amide bonds. The van der Waals surface area contributed by atoms with Gasteiger partial charge in [0.05, 0.1) is 5.69 Å². The van der Waals surface area contributed by atoms with E-state index in [1.54, 1.807) is 0 Å². The Labute approximate surface area is 110 Å². The Morgan fingerprint density at radius 1 is 1.42 bits per heavy atom. The molecular formula is C13H17FN2O3. The van der Waals surface area contributed by atoms with Crippen LogP contribution in [-0.2, 0) is 9.59 Å². The van der Waals surface area contributed by atoms with Crippen molar-refractivity contribution < 1.29 is 19.1 Å². The largest absolute Gasteiger partial charge is 0.481 e. The molecule has 6 heteroatoms. The molecule has 0 fully saturated rings. The third-order valence-electron chi connectivity index (χ3n) is 2.48. The molecular weight excluding hydrogens is 251 g/mol. The molecule has 1 rings (SSSR count). The lowest BCUT2D eigenvalue weighted by molar-refractivity contribution is -0.137. The molecule has 0 aliphatic rings. The highest BCUT2D eigenvalue weighted by molar-refractivity contribution is 5.89. The van der Waals surface area contributed by atoms with Gasteiger partial charge in [0.15, 0.2) is 0 Å². The predicted molar refractivity (Wildman–Crippen MR) is 70.7 cm³/mol. The second kappa shape index (κ2) is 6.72. The van der Waals surface area contributed by atoms with Crippen molar-refractivity contribution in [2.24, 2.45) is 0 Å². The van der Waals surface area contributed by atoms with Crippen molar-refractivity contribution in [3.63, 3.8) is 0 Å². The highest BCUT2D eigenvalue weighted by Gasteiger charge is 2.08.